The van der Waals surface area contributed by atoms with Crippen molar-refractivity contribution in [2.75, 3.05) is 12.5 Å². The van der Waals surface area contributed by atoms with Crippen LogP contribution < -0.4 is 0 Å². The molecule has 1 aromatic carbocycles. The van der Waals surface area contributed by atoms with E-state index in [2.05, 4.69) is 40.7 Å². The molecule has 8 heteroatoms. The Labute approximate surface area is 166 Å². The van der Waals surface area contributed by atoms with Crippen LogP contribution in [0.1, 0.15) is 0 Å². The van der Waals surface area contributed by atoms with E-state index < -0.39 is 0 Å². The SMILES string of the molecule is CSC1=C(SC)SC(=C2Sc3ccc(-c4cncnc4)cc3S2)S1. The second kappa shape index (κ2) is 7.63. The van der Waals surface area contributed by atoms with Crippen LogP contribution in [0.15, 0.2) is 63.7 Å². The van der Waals surface area contributed by atoms with Gasteiger partial charge in [-0.05, 0) is 30.2 Å². The monoisotopic (exact) mass is 424 g/mol. The largest absolute Gasteiger partial charge is 0.244 e. The van der Waals surface area contributed by atoms with E-state index in [9.17, 15) is 0 Å². The van der Waals surface area contributed by atoms with Gasteiger partial charge in [-0.3, -0.25) is 0 Å². The second-order valence-corrected chi connectivity index (χ2v) is 11.6. The summed E-state index contributed by atoms with van der Waals surface area (Å²) in [5.41, 5.74) is 2.24. The van der Waals surface area contributed by atoms with Crippen molar-refractivity contribution in [1.29, 1.82) is 0 Å². The molecule has 0 bridgehead atoms. The van der Waals surface area contributed by atoms with Gasteiger partial charge in [0.1, 0.15) is 6.33 Å². The van der Waals surface area contributed by atoms with Gasteiger partial charge >= 0.3 is 0 Å². The molecule has 0 aliphatic carbocycles. The molecule has 0 radical (unpaired) electrons. The average Bonchev–Trinajstić information content (AvgIpc) is 3.25. The molecular weight excluding hydrogens is 413 g/mol. The van der Waals surface area contributed by atoms with Gasteiger partial charge in [0.15, 0.2) is 0 Å². The number of thioether (sulfide) groups is 6. The summed E-state index contributed by atoms with van der Waals surface area (Å²) >= 11 is 11.3. The minimum Gasteiger partial charge on any atom is -0.244 e. The van der Waals surface area contributed by atoms with Gasteiger partial charge in [-0.25, -0.2) is 9.97 Å². The van der Waals surface area contributed by atoms with Crippen LogP contribution in [0.2, 0.25) is 0 Å². The molecule has 2 nitrogen and oxygen atoms in total. The molecule has 0 unspecified atom stereocenters. The third-order valence-electron chi connectivity index (χ3n) is 3.32. The van der Waals surface area contributed by atoms with Crippen molar-refractivity contribution in [3.8, 4) is 11.1 Å². The predicted molar refractivity (Wildman–Crippen MR) is 115 cm³/mol. The molecule has 0 amide bonds. The topological polar surface area (TPSA) is 25.8 Å². The molecule has 0 saturated carbocycles. The Morgan fingerprint density at radius 2 is 1.38 bits per heavy atom. The Morgan fingerprint density at radius 3 is 2.04 bits per heavy atom. The normalized spacial score (nSPS) is 16.9. The first-order valence-electron chi connectivity index (χ1n) is 6.96. The first-order valence-corrected chi connectivity index (χ1v) is 12.7. The van der Waals surface area contributed by atoms with Crippen LogP contribution in [-0.4, -0.2) is 22.5 Å². The highest BCUT2D eigenvalue weighted by molar-refractivity contribution is 8.41. The zero-order valence-corrected chi connectivity index (χ0v) is 17.7. The minimum absolute atomic E-state index is 1.06. The number of aromatic nitrogens is 2. The summed E-state index contributed by atoms with van der Waals surface area (Å²) in [6.45, 7) is 0. The highest BCUT2D eigenvalue weighted by Crippen LogP contribution is 2.63. The van der Waals surface area contributed by atoms with E-state index in [1.54, 1.807) is 6.33 Å². The van der Waals surface area contributed by atoms with Gasteiger partial charge in [0.2, 0.25) is 0 Å². The highest BCUT2D eigenvalue weighted by atomic mass is 32.3. The van der Waals surface area contributed by atoms with Crippen molar-refractivity contribution in [2.45, 2.75) is 9.79 Å². The first-order chi connectivity index (χ1) is 11.8. The van der Waals surface area contributed by atoms with Crippen molar-refractivity contribution >= 4 is 70.6 Å². The number of rotatable bonds is 3. The van der Waals surface area contributed by atoms with Gasteiger partial charge in [-0.2, -0.15) is 0 Å². The summed E-state index contributed by atoms with van der Waals surface area (Å²) < 4.78 is 5.67. The van der Waals surface area contributed by atoms with Crippen molar-refractivity contribution in [3.05, 3.63) is 53.9 Å². The van der Waals surface area contributed by atoms with E-state index >= 15 is 0 Å². The van der Waals surface area contributed by atoms with Crippen LogP contribution in [0.3, 0.4) is 0 Å². The van der Waals surface area contributed by atoms with Gasteiger partial charge in [-0.15, -0.1) is 23.5 Å². The van der Waals surface area contributed by atoms with Crippen LogP contribution in [0, 0.1) is 0 Å². The zero-order valence-electron chi connectivity index (χ0n) is 12.8. The standard InChI is InChI=1S/C16H12N2S6/c1-19-13-14(20-2)24-16(23-13)15-21-11-4-3-9(5-12(11)22-15)10-6-17-8-18-7-10/h3-8H,1-2H3. The van der Waals surface area contributed by atoms with Crippen LogP contribution in [0.4, 0.5) is 0 Å². The van der Waals surface area contributed by atoms with Crippen molar-refractivity contribution in [2.24, 2.45) is 0 Å². The summed E-state index contributed by atoms with van der Waals surface area (Å²) in [4.78, 5) is 10.9. The van der Waals surface area contributed by atoms with Gasteiger partial charge in [0.05, 0.1) is 16.9 Å². The van der Waals surface area contributed by atoms with Gasteiger partial charge in [0, 0.05) is 27.7 Å². The van der Waals surface area contributed by atoms with E-state index in [-0.39, 0.29) is 0 Å². The van der Waals surface area contributed by atoms with E-state index in [0.717, 1.165) is 5.56 Å². The second-order valence-electron chi connectivity index (χ2n) is 4.75. The molecule has 4 rings (SSSR count). The Kier molecular flexibility index (Phi) is 5.50. The summed E-state index contributed by atoms with van der Waals surface area (Å²) in [5, 5.41) is 0. The van der Waals surface area contributed by atoms with Crippen molar-refractivity contribution < 1.29 is 0 Å². The van der Waals surface area contributed by atoms with E-state index in [1.807, 2.05) is 83.0 Å². The fraction of sp³-hybridized carbons (Fsp3) is 0.125. The third-order valence-corrected chi connectivity index (χ3v) is 11.6. The number of hydrogen-bond donors (Lipinski definition) is 0. The Bertz CT molecular complexity index is 829. The van der Waals surface area contributed by atoms with Crippen LogP contribution in [0.25, 0.3) is 11.1 Å². The number of fused-ring (bicyclic) bond motifs is 1. The third kappa shape index (κ3) is 3.41. The lowest BCUT2D eigenvalue weighted by molar-refractivity contribution is 1.16. The maximum atomic E-state index is 4.12. The van der Waals surface area contributed by atoms with Crippen LogP contribution >= 0.6 is 70.6 Å². The van der Waals surface area contributed by atoms with E-state index in [1.165, 1.54) is 32.3 Å². The van der Waals surface area contributed by atoms with Gasteiger partial charge in [-0.1, -0.05) is 53.1 Å². The van der Waals surface area contributed by atoms with E-state index in [0.29, 0.717) is 0 Å². The Balaban J connectivity index is 1.60. The molecule has 0 atom stereocenters. The lowest BCUT2D eigenvalue weighted by atomic mass is 10.1. The molecule has 0 spiro atoms. The predicted octanol–water partition coefficient (Wildman–Crippen LogP) is 6.80. The van der Waals surface area contributed by atoms with Crippen LogP contribution in [0.5, 0.6) is 0 Å². The van der Waals surface area contributed by atoms with Crippen LogP contribution in [-0.2, 0) is 0 Å². The molecule has 2 aromatic rings. The van der Waals surface area contributed by atoms with Crippen molar-refractivity contribution in [1.82, 2.24) is 9.97 Å². The van der Waals surface area contributed by atoms with E-state index in [4.69, 9.17) is 0 Å². The van der Waals surface area contributed by atoms with Gasteiger partial charge in [0.25, 0.3) is 0 Å². The molecule has 2 aliphatic rings. The number of nitrogens with zero attached hydrogens (tertiary/aromatic N) is 2. The zero-order chi connectivity index (χ0) is 16.5. The van der Waals surface area contributed by atoms with Gasteiger partial charge < -0.3 is 0 Å². The fourth-order valence-corrected chi connectivity index (χ4v) is 10.0. The molecular formula is C16H12N2S6. The summed E-state index contributed by atoms with van der Waals surface area (Å²) in [6, 6.07) is 6.63. The molecule has 0 saturated heterocycles. The molecule has 122 valence electrons. The molecule has 2 aliphatic heterocycles. The Morgan fingerprint density at radius 1 is 0.750 bits per heavy atom. The van der Waals surface area contributed by atoms with Crippen molar-refractivity contribution in [3.63, 3.8) is 0 Å². The maximum Gasteiger partial charge on any atom is 0.115 e. The molecule has 0 N–H and O–H groups in total. The fourth-order valence-electron chi connectivity index (χ4n) is 2.21. The average molecular weight is 425 g/mol. The minimum atomic E-state index is 1.06. The number of benzene rings is 1. The quantitative estimate of drug-likeness (QED) is 0.530. The summed E-state index contributed by atoms with van der Waals surface area (Å²) in [6.07, 6.45) is 9.61. The highest BCUT2D eigenvalue weighted by Gasteiger charge is 2.28. The summed E-state index contributed by atoms with van der Waals surface area (Å²) in [5.74, 6) is 0. The lowest BCUT2D eigenvalue weighted by Gasteiger charge is -2.02. The Hall–Kier alpha value is -0.120. The maximum absolute atomic E-state index is 4.12. The molecule has 1 aromatic heterocycles. The smallest absolute Gasteiger partial charge is 0.115 e. The molecule has 3 heterocycles. The first kappa shape index (κ1) is 17.3. The molecule has 0 fully saturated rings. The number of hydrogen-bond acceptors (Lipinski definition) is 8. The summed E-state index contributed by atoms with van der Waals surface area (Å²) in [7, 11) is 0. The molecule has 24 heavy (non-hydrogen) atoms. The lowest BCUT2D eigenvalue weighted by Crippen LogP contribution is -1.82.